The SMILES string of the molecule is O=C(Nc1ccccc1)ON1C(=O)[C@@H]2[C@H](C1=O)[C@H]1C=C[C@H]2C1. The quantitative estimate of drug-likeness (QED) is 0.669. The smallest absolute Gasteiger partial charge is 0.311 e. The van der Waals surface area contributed by atoms with Crippen LogP contribution in [0.3, 0.4) is 0 Å². The van der Waals surface area contributed by atoms with Crippen LogP contribution in [0.15, 0.2) is 42.5 Å². The number of allylic oxidation sites excluding steroid dienone is 2. The molecule has 4 rings (SSSR count). The average molecular weight is 298 g/mol. The normalized spacial score (nSPS) is 31.5. The fourth-order valence-electron chi connectivity index (χ4n) is 3.71. The molecule has 0 spiro atoms. The van der Waals surface area contributed by atoms with Crippen LogP contribution >= 0.6 is 0 Å². The Hall–Kier alpha value is -2.63. The fourth-order valence-corrected chi connectivity index (χ4v) is 3.71. The third-order valence-corrected chi connectivity index (χ3v) is 4.62. The molecular formula is C16H14N2O4. The molecular weight excluding hydrogens is 284 g/mol. The summed E-state index contributed by atoms with van der Waals surface area (Å²) in [6.45, 7) is 0. The van der Waals surface area contributed by atoms with Gasteiger partial charge in [0.1, 0.15) is 0 Å². The average Bonchev–Trinajstić information content (AvgIpc) is 3.18. The number of nitrogens with one attached hydrogen (secondary N) is 1. The first kappa shape index (κ1) is 13.1. The Morgan fingerprint density at radius 2 is 1.64 bits per heavy atom. The topological polar surface area (TPSA) is 75.7 Å². The number of hydrogen-bond donors (Lipinski definition) is 1. The Bertz CT molecular complexity index is 655. The number of rotatable bonds is 2. The highest BCUT2D eigenvalue weighted by Crippen LogP contribution is 2.52. The molecule has 1 saturated carbocycles. The molecule has 2 aliphatic carbocycles. The molecule has 6 nitrogen and oxygen atoms in total. The van der Waals surface area contributed by atoms with E-state index < -0.39 is 17.9 Å². The van der Waals surface area contributed by atoms with E-state index in [1.54, 1.807) is 24.3 Å². The number of para-hydroxylation sites is 1. The van der Waals surface area contributed by atoms with Crippen LogP contribution in [0, 0.1) is 23.7 Å². The molecule has 6 heteroatoms. The van der Waals surface area contributed by atoms with Gasteiger partial charge in [-0.3, -0.25) is 14.9 Å². The van der Waals surface area contributed by atoms with E-state index >= 15 is 0 Å². The van der Waals surface area contributed by atoms with Crippen LogP contribution in [0.1, 0.15) is 6.42 Å². The van der Waals surface area contributed by atoms with Gasteiger partial charge in [-0.25, -0.2) is 4.79 Å². The second-order valence-electron chi connectivity index (χ2n) is 5.84. The Morgan fingerprint density at radius 3 is 2.23 bits per heavy atom. The molecule has 0 aromatic heterocycles. The van der Waals surface area contributed by atoms with Gasteiger partial charge in [-0.05, 0) is 30.4 Å². The van der Waals surface area contributed by atoms with Gasteiger partial charge in [0.2, 0.25) is 0 Å². The van der Waals surface area contributed by atoms with Crippen molar-refractivity contribution in [1.82, 2.24) is 5.06 Å². The van der Waals surface area contributed by atoms with Crippen LogP contribution in [0.4, 0.5) is 10.5 Å². The Morgan fingerprint density at radius 1 is 1.05 bits per heavy atom. The molecule has 0 radical (unpaired) electrons. The summed E-state index contributed by atoms with van der Waals surface area (Å²) in [6, 6.07) is 8.71. The molecule has 0 unspecified atom stereocenters. The van der Waals surface area contributed by atoms with Crippen molar-refractivity contribution in [2.75, 3.05) is 5.32 Å². The van der Waals surface area contributed by atoms with Gasteiger partial charge in [0.15, 0.2) is 0 Å². The number of anilines is 1. The van der Waals surface area contributed by atoms with Crippen molar-refractivity contribution in [1.29, 1.82) is 0 Å². The summed E-state index contributed by atoms with van der Waals surface area (Å²) < 4.78 is 0. The Labute approximate surface area is 126 Å². The minimum Gasteiger partial charge on any atom is -0.311 e. The molecule has 1 aromatic carbocycles. The molecule has 3 aliphatic rings. The zero-order valence-electron chi connectivity index (χ0n) is 11.6. The van der Waals surface area contributed by atoms with Gasteiger partial charge < -0.3 is 4.84 Å². The Kier molecular flexibility index (Phi) is 2.79. The number of hydrogen-bond acceptors (Lipinski definition) is 4. The van der Waals surface area contributed by atoms with Crippen LogP contribution in [0.25, 0.3) is 0 Å². The van der Waals surface area contributed by atoms with Crippen molar-refractivity contribution in [3.63, 3.8) is 0 Å². The third kappa shape index (κ3) is 1.83. The van der Waals surface area contributed by atoms with Gasteiger partial charge in [0.25, 0.3) is 11.8 Å². The van der Waals surface area contributed by atoms with Gasteiger partial charge in [0, 0.05) is 5.69 Å². The lowest BCUT2D eigenvalue weighted by molar-refractivity contribution is -0.173. The van der Waals surface area contributed by atoms with Crippen molar-refractivity contribution >= 4 is 23.6 Å². The zero-order chi connectivity index (χ0) is 15.3. The fraction of sp³-hybridized carbons (Fsp3) is 0.312. The summed E-state index contributed by atoms with van der Waals surface area (Å²) in [6.07, 6.45) is 3.99. The summed E-state index contributed by atoms with van der Waals surface area (Å²) in [4.78, 5) is 41.5. The number of benzene rings is 1. The molecule has 112 valence electrons. The number of hydroxylamine groups is 2. The van der Waals surface area contributed by atoms with Crippen molar-refractivity contribution in [2.24, 2.45) is 23.7 Å². The van der Waals surface area contributed by atoms with Crippen molar-refractivity contribution in [3.05, 3.63) is 42.5 Å². The van der Waals surface area contributed by atoms with E-state index in [-0.39, 0.29) is 23.7 Å². The second kappa shape index (κ2) is 4.69. The van der Waals surface area contributed by atoms with Crippen molar-refractivity contribution < 1.29 is 19.2 Å². The lowest BCUT2D eigenvalue weighted by atomic mass is 9.85. The largest absolute Gasteiger partial charge is 0.436 e. The number of imide groups is 1. The van der Waals surface area contributed by atoms with Crippen LogP contribution in [0.2, 0.25) is 0 Å². The van der Waals surface area contributed by atoms with Gasteiger partial charge in [-0.15, -0.1) is 5.06 Å². The highest BCUT2D eigenvalue weighted by atomic mass is 16.7. The number of nitrogens with zero attached hydrogens (tertiary/aromatic N) is 1. The molecule has 22 heavy (non-hydrogen) atoms. The first-order chi connectivity index (χ1) is 10.6. The van der Waals surface area contributed by atoms with Gasteiger partial charge in [-0.2, -0.15) is 0 Å². The summed E-state index contributed by atoms with van der Waals surface area (Å²) >= 11 is 0. The minimum absolute atomic E-state index is 0.0947. The maximum Gasteiger partial charge on any atom is 0.436 e. The number of fused-ring (bicyclic) bond motifs is 5. The van der Waals surface area contributed by atoms with E-state index in [1.165, 1.54) is 0 Å². The second-order valence-corrected chi connectivity index (χ2v) is 5.84. The predicted molar refractivity (Wildman–Crippen MR) is 76.1 cm³/mol. The molecule has 4 atom stereocenters. The molecule has 1 N–H and O–H groups in total. The standard InChI is InChI=1S/C16H14N2O4/c19-14-12-9-6-7-10(8-9)13(12)15(20)18(14)22-16(21)17-11-4-2-1-3-5-11/h1-7,9-10,12-13H,8H2,(H,17,21)/t9-,10-,12-,13+/m0/s1. The first-order valence-electron chi connectivity index (χ1n) is 7.25. The lowest BCUT2D eigenvalue weighted by Gasteiger charge is -2.16. The van der Waals surface area contributed by atoms with Gasteiger partial charge in [0.05, 0.1) is 11.8 Å². The summed E-state index contributed by atoms with van der Waals surface area (Å²) in [5, 5.41) is 3.13. The maximum atomic E-state index is 12.3. The predicted octanol–water partition coefficient (Wildman–Crippen LogP) is 1.96. The summed E-state index contributed by atoms with van der Waals surface area (Å²) in [5.74, 6) is -1.36. The minimum atomic E-state index is -0.840. The number of carbonyl (C=O) groups is 3. The lowest BCUT2D eigenvalue weighted by Crippen LogP contribution is -2.36. The molecule has 1 saturated heterocycles. The molecule has 2 bridgehead atoms. The van der Waals surface area contributed by atoms with Crippen LogP contribution in [0.5, 0.6) is 0 Å². The van der Waals surface area contributed by atoms with Crippen LogP contribution < -0.4 is 5.32 Å². The van der Waals surface area contributed by atoms with E-state index in [0.717, 1.165) is 6.42 Å². The van der Waals surface area contributed by atoms with E-state index in [4.69, 9.17) is 4.84 Å². The van der Waals surface area contributed by atoms with Crippen molar-refractivity contribution in [2.45, 2.75) is 6.42 Å². The van der Waals surface area contributed by atoms with E-state index in [2.05, 4.69) is 5.32 Å². The number of amides is 3. The van der Waals surface area contributed by atoms with E-state index in [9.17, 15) is 14.4 Å². The highest BCUT2D eigenvalue weighted by Gasteiger charge is 2.60. The molecule has 3 amide bonds. The zero-order valence-corrected chi connectivity index (χ0v) is 11.6. The maximum absolute atomic E-state index is 12.3. The van der Waals surface area contributed by atoms with Gasteiger partial charge in [-0.1, -0.05) is 30.4 Å². The van der Waals surface area contributed by atoms with E-state index in [1.807, 2.05) is 18.2 Å². The highest BCUT2D eigenvalue weighted by molar-refractivity contribution is 6.06. The van der Waals surface area contributed by atoms with Crippen LogP contribution in [-0.4, -0.2) is 23.0 Å². The Balaban J connectivity index is 1.47. The molecule has 1 heterocycles. The van der Waals surface area contributed by atoms with E-state index in [0.29, 0.717) is 10.8 Å². The van der Waals surface area contributed by atoms with Crippen molar-refractivity contribution in [3.8, 4) is 0 Å². The number of carbonyl (C=O) groups excluding carboxylic acids is 3. The monoisotopic (exact) mass is 298 g/mol. The third-order valence-electron chi connectivity index (χ3n) is 4.62. The molecule has 2 fully saturated rings. The molecule has 1 aromatic rings. The summed E-state index contributed by atoms with van der Waals surface area (Å²) in [7, 11) is 0. The van der Waals surface area contributed by atoms with Gasteiger partial charge >= 0.3 is 6.09 Å². The molecule has 1 aliphatic heterocycles. The summed E-state index contributed by atoms with van der Waals surface area (Å²) in [5.41, 5.74) is 0.536. The van der Waals surface area contributed by atoms with Crippen LogP contribution in [-0.2, 0) is 14.4 Å². The first-order valence-corrected chi connectivity index (χ1v) is 7.25.